The van der Waals surface area contributed by atoms with Crippen LogP contribution in [0.2, 0.25) is 0 Å². The molecule has 0 radical (unpaired) electrons. The summed E-state index contributed by atoms with van der Waals surface area (Å²) < 4.78 is 11.3. The standard InChI is InChI=1S/C20H20N2O3/c21-13-16-9-4-5-10-17(16)25-14-19(23)22-20(18-11-6-12-24-18)15-7-2-1-3-8-15/h1-5,7-10,18,20H,6,11-12,14H2,(H,22,23)/t18-,20+/m1/s1. The lowest BCUT2D eigenvalue weighted by Gasteiger charge is -2.24. The van der Waals surface area contributed by atoms with E-state index < -0.39 is 0 Å². The number of rotatable bonds is 6. The Hall–Kier alpha value is -2.84. The van der Waals surface area contributed by atoms with Gasteiger partial charge >= 0.3 is 0 Å². The number of ether oxygens (including phenoxy) is 2. The number of hydrogen-bond acceptors (Lipinski definition) is 4. The summed E-state index contributed by atoms with van der Waals surface area (Å²) in [5.74, 6) is 0.172. The van der Waals surface area contributed by atoms with Gasteiger partial charge in [-0.25, -0.2) is 0 Å². The Morgan fingerprint density at radius 2 is 2.00 bits per heavy atom. The van der Waals surface area contributed by atoms with E-state index in [4.69, 9.17) is 14.7 Å². The van der Waals surface area contributed by atoms with Gasteiger partial charge in [0.05, 0.1) is 17.7 Å². The molecule has 2 aromatic carbocycles. The molecule has 1 amide bonds. The molecular formula is C20H20N2O3. The molecule has 0 unspecified atom stereocenters. The van der Waals surface area contributed by atoms with Crippen LogP contribution in [0.1, 0.15) is 30.0 Å². The Morgan fingerprint density at radius 3 is 2.72 bits per heavy atom. The molecule has 1 saturated heterocycles. The van der Waals surface area contributed by atoms with Crippen LogP contribution >= 0.6 is 0 Å². The fraction of sp³-hybridized carbons (Fsp3) is 0.300. The molecule has 128 valence electrons. The number of carbonyl (C=O) groups is 1. The normalized spacial score (nSPS) is 17.5. The summed E-state index contributed by atoms with van der Waals surface area (Å²) in [6.07, 6.45) is 1.88. The Bertz CT molecular complexity index is 749. The highest BCUT2D eigenvalue weighted by Gasteiger charge is 2.28. The van der Waals surface area contributed by atoms with Crippen molar-refractivity contribution in [3.63, 3.8) is 0 Å². The lowest BCUT2D eigenvalue weighted by Crippen LogP contribution is -2.38. The van der Waals surface area contributed by atoms with Gasteiger partial charge in [0.15, 0.2) is 6.61 Å². The monoisotopic (exact) mass is 336 g/mol. The third-order valence-corrected chi connectivity index (χ3v) is 4.18. The first-order chi connectivity index (χ1) is 12.3. The zero-order chi connectivity index (χ0) is 17.5. The van der Waals surface area contributed by atoms with E-state index in [2.05, 4.69) is 11.4 Å². The first-order valence-electron chi connectivity index (χ1n) is 8.36. The number of carbonyl (C=O) groups excluding carboxylic acids is 1. The fourth-order valence-electron chi connectivity index (χ4n) is 2.96. The second-order valence-electron chi connectivity index (χ2n) is 5.90. The van der Waals surface area contributed by atoms with Gasteiger partial charge in [-0.05, 0) is 30.5 Å². The van der Waals surface area contributed by atoms with E-state index in [-0.39, 0.29) is 24.7 Å². The van der Waals surface area contributed by atoms with Gasteiger partial charge in [-0.2, -0.15) is 5.26 Å². The molecule has 5 heteroatoms. The van der Waals surface area contributed by atoms with Crippen molar-refractivity contribution in [3.05, 3.63) is 65.7 Å². The zero-order valence-corrected chi connectivity index (χ0v) is 13.9. The van der Waals surface area contributed by atoms with E-state index in [1.54, 1.807) is 24.3 Å². The molecule has 1 fully saturated rings. The van der Waals surface area contributed by atoms with Crippen molar-refractivity contribution in [1.29, 1.82) is 5.26 Å². The molecule has 1 aliphatic rings. The summed E-state index contributed by atoms with van der Waals surface area (Å²) in [6, 6.07) is 18.5. The van der Waals surface area contributed by atoms with Gasteiger partial charge in [-0.1, -0.05) is 42.5 Å². The fourth-order valence-corrected chi connectivity index (χ4v) is 2.96. The molecular weight excluding hydrogens is 316 g/mol. The van der Waals surface area contributed by atoms with E-state index in [1.807, 2.05) is 30.3 Å². The van der Waals surface area contributed by atoms with Gasteiger partial charge in [0, 0.05) is 6.61 Å². The summed E-state index contributed by atoms with van der Waals surface area (Å²) in [5, 5.41) is 12.1. The summed E-state index contributed by atoms with van der Waals surface area (Å²) in [7, 11) is 0. The molecule has 0 aromatic heterocycles. The molecule has 2 atom stereocenters. The average Bonchev–Trinajstić information content (AvgIpc) is 3.20. The Kier molecular flexibility index (Phi) is 5.65. The third kappa shape index (κ3) is 4.37. The van der Waals surface area contributed by atoms with E-state index >= 15 is 0 Å². The smallest absolute Gasteiger partial charge is 0.258 e. The minimum absolute atomic E-state index is 0.0299. The van der Waals surface area contributed by atoms with Crippen molar-refractivity contribution in [3.8, 4) is 11.8 Å². The number of hydrogen-bond donors (Lipinski definition) is 1. The van der Waals surface area contributed by atoms with Crippen molar-refractivity contribution in [2.45, 2.75) is 25.0 Å². The molecule has 1 N–H and O–H groups in total. The predicted molar refractivity (Wildman–Crippen MR) is 93.0 cm³/mol. The van der Waals surface area contributed by atoms with Gasteiger partial charge in [-0.3, -0.25) is 4.79 Å². The van der Waals surface area contributed by atoms with Crippen molar-refractivity contribution >= 4 is 5.91 Å². The van der Waals surface area contributed by atoms with Gasteiger partial charge in [0.1, 0.15) is 11.8 Å². The SMILES string of the molecule is N#Cc1ccccc1OCC(=O)N[C@@H](c1ccccc1)[C@H]1CCCO1. The van der Waals surface area contributed by atoms with E-state index in [9.17, 15) is 4.79 Å². The van der Waals surface area contributed by atoms with E-state index in [1.165, 1.54) is 0 Å². The molecule has 2 aromatic rings. The zero-order valence-electron chi connectivity index (χ0n) is 13.9. The highest BCUT2D eigenvalue weighted by atomic mass is 16.5. The minimum atomic E-state index is -0.239. The van der Waals surface area contributed by atoms with Gasteiger partial charge in [0.25, 0.3) is 5.91 Å². The highest BCUT2D eigenvalue weighted by Crippen LogP contribution is 2.27. The van der Waals surface area contributed by atoms with Gasteiger partial charge in [-0.15, -0.1) is 0 Å². The maximum absolute atomic E-state index is 12.4. The van der Waals surface area contributed by atoms with Crippen LogP contribution in [0.5, 0.6) is 5.75 Å². The number of para-hydroxylation sites is 1. The maximum Gasteiger partial charge on any atom is 0.258 e. The second-order valence-corrected chi connectivity index (χ2v) is 5.90. The quantitative estimate of drug-likeness (QED) is 0.880. The molecule has 0 spiro atoms. The van der Waals surface area contributed by atoms with Crippen LogP contribution < -0.4 is 10.1 Å². The van der Waals surface area contributed by atoms with Crippen LogP contribution in [0.3, 0.4) is 0 Å². The van der Waals surface area contributed by atoms with Crippen LogP contribution in [0.4, 0.5) is 0 Å². The highest BCUT2D eigenvalue weighted by molar-refractivity contribution is 5.78. The Labute approximate surface area is 147 Å². The van der Waals surface area contributed by atoms with Crippen molar-refractivity contribution < 1.29 is 14.3 Å². The third-order valence-electron chi connectivity index (χ3n) is 4.18. The largest absolute Gasteiger partial charge is 0.482 e. The van der Waals surface area contributed by atoms with Crippen molar-refractivity contribution in [2.75, 3.05) is 13.2 Å². The average molecular weight is 336 g/mol. The van der Waals surface area contributed by atoms with Crippen LogP contribution in [-0.2, 0) is 9.53 Å². The molecule has 1 heterocycles. The number of amides is 1. The Morgan fingerprint density at radius 1 is 1.24 bits per heavy atom. The summed E-state index contributed by atoms with van der Waals surface area (Å²) in [6.45, 7) is 0.574. The summed E-state index contributed by atoms with van der Waals surface area (Å²) in [5.41, 5.74) is 1.43. The maximum atomic E-state index is 12.4. The summed E-state index contributed by atoms with van der Waals surface area (Å²) in [4.78, 5) is 12.4. The lowest BCUT2D eigenvalue weighted by molar-refractivity contribution is -0.124. The Balaban J connectivity index is 1.65. The lowest BCUT2D eigenvalue weighted by atomic mass is 9.99. The molecule has 25 heavy (non-hydrogen) atoms. The van der Waals surface area contributed by atoms with Crippen molar-refractivity contribution in [1.82, 2.24) is 5.32 Å². The molecule has 1 aliphatic heterocycles. The second kappa shape index (κ2) is 8.32. The minimum Gasteiger partial charge on any atom is -0.482 e. The topological polar surface area (TPSA) is 71.3 Å². The van der Waals surface area contributed by atoms with Crippen LogP contribution in [0.15, 0.2) is 54.6 Å². The molecule has 0 bridgehead atoms. The first-order valence-corrected chi connectivity index (χ1v) is 8.36. The van der Waals surface area contributed by atoms with Gasteiger partial charge < -0.3 is 14.8 Å². The first kappa shape index (κ1) is 17.0. The van der Waals surface area contributed by atoms with Crippen molar-refractivity contribution in [2.24, 2.45) is 0 Å². The van der Waals surface area contributed by atoms with Gasteiger partial charge in [0.2, 0.25) is 0 Å². The van der Waals surface area contributed by atoms with E-state index in [0.717, 1.165) is 25.0 Å². The molecule has 3 rings (SSSR count). The molecule has 5 nitrogen and oxygen atoms in total. The number of benzene rings is 2. The molecule has 0 aliphatic carbocycles. The van der Waals surface area contributed by atoms with Crippen LogP contribution in [0, 0.1) is 11.3 Å². The number of nitrogens with one attached hydrogen (secondary N) is 1. The molecule has 0 saturated carbocycles. The number of nitrogens with zero attached hydrogens (tertiary/aromatic N) is 1. The summed E-state index contributed by atoms with van der Waals surface area (Å²) >= 11 is 0. The van der Waals surface area contributed by atoms with E-state index in [0.29, 0.717) is 11.3 Å². The number of nitriles is 1. The van der Waals surface area contributed by atoms with Crippen LogP contribution in [-0.4, -0.2) is 25.2 Å². The predicted octanol–water partition coefficient (Wildman–Crippen LogP) is 2.97. The van der Waals surface area contributed by atoms with Crippen LogP contribution in [0.25, 0.3) is 0 Å².